The predicted octanol–water partition coefficient (Wildman–Crippen LogP) is 4.95. The number of halogens is 1. The summed E-state index contributed by atoms with van der Waals surface area (Å²) in [5.41, 5.74) is 1.47. The summed E-state index contributed by atoms with van der Waals surface area (Å²) in [7, 11) is 3.95. The van der Waals surface area contributed by atoms with Crippen LogP contribution in [0.4, 0.5) is 11.8 Å². The van der Waals surface area contributed by atoms with Crippen molar-refractivity contribution in [1.82, 2.24) is 20.3 Å². The number of rotatable bonds is 7. The maximum Gasteiger partial charge on any atom is 0.257 e. The molecule has 0 unspecified atom stereocenters. The number of pyridine rings is 1. The van der Waals surface area contributed by atoms with Crippen molar-refractivity contribution >= 4 is 33.6 Å². The first kappa shape index (κ1) is 23.9. The van der Waals surface area contributed by atoms with Crippen LogP contribution in [0.5, 0.6) is 11.6 Å². The molecule has 3 aromatic rings. The molecule has 0 saturated heterocycles. The van der Waals surface area contributed by atoms with E-state index >= 15 is 0 Å². The quantitative estimate of drug-likeness (QED) is 0.451. The standard InChI is InChI=1S/C25H29BrN6O2/c1-16-15-28-25(31-22(16)32(2)3)30-19-11-9-18(10-12-19)29-23(33)21-8-5-13-27-24(21)34-20-7-4-6-17(26)14-20/h4-8,13-15,18-19H,9-12H2,1-3H3,(H,29,33)(H,28,30,31). The molecule has 1 aliphatic rings. The van der Waals surface area contributed by atoms with Gasteiger partial charge in [-0.2, -0.15) is 4.98 Å². The lowest BCUT2D eigenvalue weighted by atomic mass is 9.91. The van der Waals surface area contributed by atoms with Crippen LogP contribution < -0.4 is 20.3 Å². The third-order valence-corrected chi connectivity index (χ3v) is 6.28. The molecule has 2 N–H and O–H groups in total. The van der Waals surface area contributed by atoms with Crippen LogP contribution in [0.15, 0.2) is 53.3 Å². The van der Waals surface area contributed by atoms with Crippen LogP contribution in [0, 0.1) is 6.92 Å². The highest BCUT2D eigenvalue weighted by molar-refractivity contribution is 9.10. The Balaban J connectivity index is 1.33. The van der Waals surface area contributed by atoms with Gasteiger partial charge in [0, 0.05) is 48.6 Å². The average Bonchev–Trinajstić information content (AvgIpc) is 2.82. The number of carbonyl (C=O) groups is 1. The fourth-order valence-corrected chi connectivity index (χ4v) is 4.45. The number of nitrogens with one attached hydrogen (secondary N) is 2. The van der Waals surface area contributed by atoms with E-state index in [1.165, 1.54) is 0 Å². The summed E-state index contributed by atoms with van der Waals surface area (Å²) in [6.45, 7) is 2.00. The minimum Gasteiger partial charge on any atom is -0.438 e. The minimum atomic E-state index is -0.174. The normalized spacial score (nSPS) is 17.6. The number of hydrogen-bond acceptors (Lipinski definition) is 7. The van der Waals surface area contributed by atoms with E-state index in [9.17, 15) is 4.79 Å². The van der Waals surface area contributed by atoms with Gasteiger partial charge in [0.1, 0.15) is 17.1 Å². The van der Waals surface area contributed by atoms with Gasteiger partial charge in [0.25, 0.3) is 5.91 Å². The monoisotopic (exact) mass is 524 g/mol. The lowest BCUT2D eigenvalue weighted by Crippen LogP contribution is -2.40. The van der Waals surface area contributed by atoms with Gasteiger partial charge >= 0.3 is 0 Å². The molecule has 178 valence electrons. The summed E-state index contributed by atoms with van der Waals surface area (Å²) in [4.78, 5) is 28.3. The SMILES string of the molecule is Cc1cnc(NC2CCC(NC(=O)c3cccnc3Oc3cccc(Br)c3)CC2)nc1N(C)C. The maximum absolute atomic E-state index is 13.0. The van der Waals surface area contributed by atoms with E-state index in [1.807, 2.05) is 56.4 Å². The van der Waals surface area contributed by atoms with E-state index in [2.05, 4.69) is 41.5 Å². The number of hydrogen-bond donors (Lipinski definition) is 2. The van der Waals surface area contributed by atoms with Crippen molar-refractivity contribution in [2.24, 2.45) is 0 Å². The van der Waals surface area contributed by atoms with E-state index < -0.39 is 0 Å². The third kappa shape index (κ3) is 6.02. The largest absolute Gasteiger partial charge is 0.438 e. The Morgan fingerprint density at radius 2 is 1.85 bits per heavy atom. The molecule has 2 aromatic heterocycles. The number of carbonyl (C=O) groups excluding carboxylic acids is 1. The lowest BCUT2D eigenvalue weighted by molar-refractivity contribution is 0.0923. The minimum absolute atomic E-state index is 0.0979. The lowest BCUT2D eigenvalue weighted by Gasteiger charge is -2.30. The number of aryl methyl sites for hydroxylation is 1. The van der Waals surface area contributed by atoms with Crippen LogP contribution in [-0.4, -0.2) is 47.0 Å². The molecule has 4 rings (SSSR count). The molecule has 1 fully saturated rings. The van der Waals surface area contributed by atoms with E-state index in [-0.39, 0.29) is 18.0 Å². The van der Waals surface area contributed by atoms with Gasteiger partial charge in [0.05, 0.1) is 0 Å². The fourth-order valence-electron chi connectivity index (χ4n) is 4.07. The molecular formula is C25H29BrN6O2. The van der Waals surface area contributed by atoms with E-state index in [0.29, 0.717) is 23.1 Å². The zero-order valence-electron chi connectivity index (χ0n) is 19.6. The fraction of sp³-hybridized carbons (Fsp3) is 0.360. The molecule has 1 saturated carbocycles. The third-order valence-electron chi connectivity index (χ3n) is 5.79. The summed E-state index contributed by atoms with van der Waals surface area (Å²) in [6.07, 6.45) is 7.06. The summed E-state index contributed by atoms with van der Waals surface area (Å²) >= 11 is 3.43. The maximum atomic E-state index is 13.0. The Labute approximate surface area is 208 Å². The average molecular weight is 525 g/mol. The highest BCUT2D eigenvalue weighted by atomic mass is 79.9. The molecular weight excluding hydrogens is 496 g/mol. The Kier molecular flexibility index (Phi) is 7.62. The molecule has 1 aliphatic carbocycles. The predicted molar refractivity (Wildman–Crippen MR) is 137 cm³/mol. The molecule has 9 heteroatoms. The van der Waals surface area contributed by atoms with Gasteiger partial charge < -0.3 is 20.3 Å². The first-order valence-electron chi connectivity index (χ1n) is 11.4. The van der Waals surface area contributed by atoms with Gasteiger partial charge in [-0.25, -0.2) is 9.97 Å². The van der Waals surface area contributed by atoms with Crippen molar-refractivity contribution in [2.75, 3.05) is 24.3 Å². The van der Waals surface area contributed by atoms with Crippen molar-refractivity contribution in [3.63, 3.8) is 0 Å². The molecule has 0 bridgehead atoms. The summed E-state index contributed by atoms with van der Waals surface area (Å²) in [5, 5.41) is 6.61. The molecule has 1 amide bonds. The first-order chi connectivity index (χ1) is 16.4. The molecule has 0 atom stereocenters. The number of amides is 1. The number of nitrogens with zero attached hydrogens (tertiary/aromatic N) is 4. The number of ether oxygens (including phenoxy) is 1. The Bertz CT molecular complexity index is 1150. The second kappa shape index (κ2) is 10.8. The van der Waals surface area contributed by atoms with E-state index in [1.54, 1.807) is 18.3 Å². The second-order valence-electron chi connectivity index (χ2n) is 8.68. The van der Waals surface area contributed by atoms with Crippen molar-refractivity contribution in [3.05, 3.63) is 64.4 Å². The van der Waals surface area contributed by atoms with Gasteiger partial charge in [-0.3, -0.25) is 4.79 Å². The molecule has 34 heavy (non-hydrogen) atoms. The summed E-state index contributed by atoms with van der Waals surface area (Å²) < 4.78 is 6.78. The number of benzene rings is 1. The number of aromatic nitrogens is 3. The van der Waals surface area contributed by atoms with Gasteiger partial charge in [0.15, 0.2) is 0 Å². The van der Waals surface area contributed by atoms with Crippen LogP contribution in [0.2, 0.25) is 0 Å². The zero-order chi connectivity index (χ0) is 24.1. The van der Waals surface area contributed by atoms with E-state index in [4.69, 9.17) is 4.74 Å². The Morgan fingerprint density at radius 1 is 1.09 bits per heavy atom. The molecule has 2 heterocycles. The highest BCUT2D eigenvalue weighted by Gasteiger charge is 2.25. The molecule has 0 aliphatic heterocycles. The van der Waals surface area contributed by atoms with E-state index in [0.717, 1.165) is 41.5 Å². The Morgan fingerprint density at radius 3 is 2.59 bits per heavy atom. The van der Waals surface area contributed by atoms with Crippen LogP contribution in [-0.2, 0) is 0 Å². The van der Waals surface area contributed by atoms with Crippen molar-refractivity contribution in [2.45, 2.75) is 44.7 Å². The van der Waals surface area contributed by atoms with Crippen LogP contribution in [0.25, 0.3) is 0 Å². The molecule has 1 aromatic carbocycles. The van der Waals surface area contributed by atoms with Crippen LogP contribution in [0.3, 0.4) is 0 Å². The summed E-state index contributed by atoms with van der Waals surface area (Å²) in [6, 6.07) is 11.3. The molecule has 8 nitrogen and oxygen atoms in total. The zero-order valence-corrected chi connectivity index (χ0v) is 21.2. The summed E-state index contributed by atoms with van der Waals surface area (Å²) in [5.74, 6) is 2.29. The Hall–Kier alpha value is -3.20. The topological polar surface area (TPSA) is 92.3 Å². The molecule has 0 spiro atoms. The van der Waals surface area contributed by atoms with Gasteiger partial charge in [-0.05, 0) is 62.9 Å². The van der Waals surface area contributed by atoms with Crippen LogP contribution >= 0.6 is 15.9 Å². The van der Waals surface area contributed by atoms with Gasteiger partial charge in [-0.15, -0.1) is 0 Å². The van der Waals surface area contributed by atoms with Crippen molar-refractivity contribution in [1.29, 1.82) is 0 Å². The van der Waals surface area contributed by atoms with Crippen molar-refractivity contribution in [3.8, 4) is 11.6 Å². The van der Waals surface area contributed by atoms with Crippen LogP contribution in [0.1, 0.15) is 41.6 Å². The van der Waals surface area contributed by atoms with Gasteiger partial charge in [-0.1, -0.05) is 22.0 Å². The smallest absolute Gasteiger partial charge is 0.257 e. The second-order valence-corrected chi connectivity index (χ2v) is 9.59. The molecule has 0 radical (unpaired) electrons. The van der Waals surface area contributed by atoms with Gasteiger partial charge in [0.2, 0.25) is 11.8 Å². The highest BCUT2D eigenvalue weighted by Crippen LogP contribution is 2.27. The number of anilines is 2. The first-order valence-corrected chi connectivity index (χ1v) is 12.1. The van der Waals surface area contributed by atoms with Crippen molar-refractivity contribution < 1.29 is 9.53 Å².